The molecule has 1 aromatic carbocycles. The number of hydrazine groups is 1. The zero-order chi connectivity index (χ0) is 20.0. The molecule has 8 heteroatoms. The lowest BCUT2D eigenvalue weighted by molar-refractivity contribution is -0.129. The largest absolute Gasteiger partial charge is 0.481 e. The Labute approximate surface area is 157 Å². The topological polar surface area (TPSA) is 85.3 Å². The van der Waals surface area contributed by atoms with E-state index in [1.165, 1.54) is 18.2 Å². The van der Waals surface area contributed by atoms with Gasteiger partial charge in [-0.15, -0.1) is 0 Å². The minimum atomic E-state index is -0.587. The van der Waals surface area contributed by atoms with Gasteiger partial charge >= 0.3 is 0 Å². The van der Waals surface area contributed by atoms with Crippen molar-refractivity contribution < 1.29 is 18.7 Å². The van der Waals surface area contributed by atoms with Crippen molar-refractivity contribution >= 4 is 11.8 Å². The van der Waals surface area contributed by atoms with Gasteiger partial charge in [-0.3, -0.25) is 25.1 Å². The van der Waals surface area contributed by atoms with Crippen LogP contribution in [0.3, 0.4) is 0 Å². The lowest BCUT2D eigenvalue weighted by Gasteiger charge is -2.10. The summed E-state index contributed by atoms with van der Waals surface area (Å²) >= 11 is 0. The second-order valence-corrected chi connectivity index (χ2v) is 6.72. The summed E-state index contributed by atoms with van der Waals surface area (Å²) in [5.74, 6) is -1.10. The van der Waals surface area contributed by atoms with E-state index in [9.17, 15) is 14.0 Å². The summed E-state index contributed by atoms with van der Waals surface area (Å²) in [6, 6.07) is 5.78. The standard InChI is InChI=1S/C19H25FN4O3/c1-12(2)10-24-14(4)15(13(3)23-24)9-18(25)21-22-19(26)11-27-17-8-6-5-7-16(17)20/h5-8,12H,9-11H2,1-4H3,(H,21,25)(H,22,26). The molecule has 2 N–H and O–H groups in total. The van der Waals surface area contributed by atoms with E-state index < -0.39 is 18.3 Å². The van der Waals surface area contributed by atoms with Crippen LogP contribution in [-0.2, 0) is 22.6 Å². The van der Waals surface area contributed by atoms with Crippen LogP contribution in [0, 0.1) is 25.6 Å². The van der Waals surface area contributed by atoms with Crippen LogP contribution in [-0.4, -0.2) is 28.2 Å². The fraction of sp³-hybridized carbons (Fsp3) is 0.421. The summed E-state index contributed by atoms with van der Waals surface area (Å²) in [6.07, 6.45) is 0.101. The Morgan fingerprint density at radius 3 is 2.52 bits per heavy atom. The molecule has 0 radical (unpaired) electrons. The van der Waals surface area contributed by atoms with E-state index in [-0.39, 0.29) is 18.1 Å². The third kappa shape index (κ3) is 5.80. The minimum Gasteiger partial charge on any atom is -0.481 e. The first-order valence-electron chi connectivity index (χ1n) is 8.75. The van der Waals surface area contributed by atoms with Crippen molar-refractivity contribution in [3.05, 3.63) is 47.0 Å². The first-order valence-corrected chi connectivity index (χ1v) is 8.75. The zero-order valence-electron chi connectivity index (χ0n) is 16.0. The summed E-state index contributed by atoms with van der Waals surface area (Å²) in [6.45, 7) is 8.34. The Morgan fingerprint density at radius 2 is 1.85 bits per heavy atom. The smallest absolute Gasteiger partial charge is 0.276 e. The van der Waals surface area contributed by atoms with E-state index in [2.05, 4.69) is 29.8 Å². The van der Waals surface area contributed by atoms with E-state index in [0.29, 0.717) is 5.92 Å². The number of hydrogen-bond acceptors (Lipinski definition) is 4. The Bertz CT molecular complexity index is 817. The van der Waals surface area contributed by atoms with Gasteiger partial charge in [-0.05, 0) is 31.9 Å². The molecule has 0 aliphatic rings. The van der Waals surface area contributed by atoms with Crippen molar-refractivity contribution in [2.45, 2.75) is 40.7 Å². The normalized spacial score (nSPS) is 10.7. The number of rotatable bonds is 7. The number of ether oxygens (including phenoxy) is 1. The number of nitrogens with one attached hydrogen (secondary N) is 2. The average molecular weight is 376 g/mol. The third-order valence-electron chi connectivity index (χ3n) is 3.94. The molecule has 2 amide bonds. The van der Waals surface area contributed by atoms with Gasteiger partial charge in [0.15, 0.2) is 18.2 Å². The molecule has 27 heavy (non-hydrogen) atoms. The predicted octanol–water partition coefficient (Wildman–Crippen LogP) is 2.06. The molecule has 0 fully saturated rings. The quantitative estimate of drug-likeness (QED) is 0.725. The molecule has 0 spiro atoms. The van der Waals surface area contributed by atoms with Crippen molar-refractivity contribution in [1.82, 2.24) is 20.6 Å². The van der Waals surface area contributed by atoms with Gasteiger partial charge in [0.1, 0.15) is 0 Å². The monoisotopic (exact) mass is 376 g/mol. The summed E-state index contributed by atoms with van der Waals surface area (Å²) in [5.41, 5.74) is 7.16. The van der Waals surface area contributed by atoms with E-state index in [0.717, 1.165) is 23.5 Å². The summed E-state index contributed by atoms with van der Waals surface area (Å²) in [4.78, 5) is 23.9. The number of benzene rings is 1. The van der Waals surface area contributed by atoms with Crippen molar-refractivity contribution in [2.75, 3.05) is 6.61 Å². The second kappa shape index (κ2) is 9.16. The van der Waals surface area contributed by atoms with Crippen LogP contribution in [0.15, 0.2) is 24.3 Å². The molecular weight excluding hydrogens is 351 g/mol. The van der Waals surface area contributed by atoms with Gasteiger partial charge in [-0.2, -0.15) is 5.10 Å². The van der Waals surface area contributed by atoms with Crippen LogP contribution in [0.2, 0.25) is 0 Å². The molecule has 0 aliphatic heterocycles. The molecule has 0 saturated heterocycles. The molecule has 1 aromatic heterocycles. The summed E-state index contributed by atoms with van der Waals surface area (Å²) in [5, 5.41) is 4.46. The maximum Gasteiger partial charge on any atom is 0.276 e. The first-order chi connectivity index (χ1) is 12.8. The van der Waals surface area contributed by atoms with E-state index in [4.69, 9.17) is 4.74 Å². The number of amides is 2. The van der Waals surface area contributed by atoms with Gasteiger partial charge < -0.3 is 4.74 Å². The number of halogens is 1. The van der Waals surface area contributed by atoms with Gasteiger partial charge in [0.05, 0.1) is 12.1 Å². The van der Waals surface area contributed by atoms with Gasteiger partial charge in [0.25, 0.3) is 5.91 Å². The van der Waals surface area contributed by atoms with Gasteiger partial charge in [-0.1, -0.05) is 26.0 Å². The fourth-order valence-electron chi connectivity index (χ4n) is 2.60. The van der Waals surface area contributed by atoms with Crippen molar-refractivity contribution in [3.8, 4) is 5.75 Å². The number of nitrogens with zero attached hydrogens (tertiary/aromatic N) is 2. The van der Waals surface area contributed by atoms with Crippen LogP contribution in [0.5, 0.6) is 5.75 Å². The molecular formula is C19H25FN4O3. The number of carbonyl (C=O) groups excluding carboxylic acids is 2. The lowest BCUT2D eigenvalue weighted by Crippen LogP contribution is -2.44. The number of aryl methyl sites for hydroxylation is 1. The van der Waals surface area contributed by atoms with Crippen LogP contribution in [0.1, 0.15) is 30.8 Å². The molecule has 0 unspecified atom stereocenters. The van der Waals surface area contributed by atoms with Crippen molar-refractivity contribution in [3.63, 3.8) is 0 Å². The van der Waals surface area contributed by atoms with Gasteiger partial charge in [0, 0.05) is 17.8 Å². The van der Waals surface area contributed by atoms with Crippen LogP contribution in [0.4, 0.5) is 4.39 Å². The number of para-hydroxylation sites is 1. The SMILES string of the molecule is Cc1nn(CC(C)C)c(C)c1CC(=O)NNC(=O)COc1ccccc1F. The Balaban J connectivity index is 1.83. The molecule has 0 bridgehead atoms. The maximum absolute atomic E-state index is 13.4. The highest BCUT2D eigenvalue weighted by Crippen LogP contribution is 2.16. The summed E-state index contributed by atoms with van der Waals surface area (Å²) in [7, 11) is 0. The molecule has 1 heterocycles. The predicted molar refractivity (Wildman–Crippen MR) is 98.4 cm³/mol. The lowest BCUT2D eigenvalue weighted by atomic mass is 10.1. The van der Waals surface area contributed by atoms with Crippen LogP contribution >= 0.6 is 0 Å². The minimum absolute atomic E-state index is 0.0252. The van der Waals surface area contributed by atoms with Crippen LogP contribution in [0.25, 0.3) is 0 Å². The highest BCUT2D eigenvalue weighted by Gasteiger charge is 2.16. The zero-order valence-corrected chi connectivity index (χ0v) is 16.0. The van der Waals surface area contributed by atoms with Crippen molar-refractivity contribution in [2.24, 2.45) is 5.92 Å². The number of hydrogen-bond donors (Lipinski definition) is 2. The van der Waals surface area contributed by atoms with E-state index in [1.54, 1.807) is 6.07 Å². The third-order valence-corrected chi connectivity index (χ3v) is 3.94. The Morgan fingerprint density at radius 1 is 1.19 bits per heavy atom. The van der Waals surface area contributed by atoms with Gasteiger partial charge in [-0.25, -0.2) is 4.39 Å². The first kappa shape index (κ1) is 20.4. The molecule has 2 aromatic rings. The van der Waals surface area contributed by atoms with Crippen molar-refractivity contribution in [1.29, 1.82) is 0 Å². The van der Waals surface area contributed by atoms with E-state index in [1.807, 2.05) is 18.5 Å². The number of aromatic nitrogens is 2. The van der Waals surface area contributed by atoms with Crippen LogP contribution < -0.4 is 15.6 Å². The number of carbonyl (C=O) groups is 2. The second-order valence-electron chi connectivity index (χ2n) is 6.72. The molecule has 146 valence electrons. The Hall–Kier alpha value is -2.90. The summed E-state index contributed by atoms with van der Waals surface area (Å²) < 4.78 is 20.4. The van der Waals surface area contributed by atoms with E-state index >= 15 is 0 Å². The van der Waals surface area contributed by atoms with Gasteiger partial charge in [0.2, 0.25) is 5.91 Å². The molecule has 0 saturated carbocycles. The molecule has 7 nitrogen and oxygen atoms in total. The maximum atomic E-state index is 13.4. The molecule has 0 atom stereocenters. The fourth-order valence-corrected chi connectivity index (χ4v) is 2.60. The average Bonchev–Trinajstić information content (AvgIpc) is 2.86. The molecule has 0 aliphatic carbocycles. The Kier molecular flexibility index (Phi) is 6.92. The highest BCUT2D eigenvalue weighted by molar-refractivity contribution is 5.84. The molecule has 2 rings (SSSR count). The highest BCUT2D eigenvalue weighted by atomic mass is 19.1.